The quantitative estimate of drug-likeness (QED) is 0.612. The highest BCUT2D eigenvalue weighted by molar-refractivity contribution is 7.99. The first-order valence-electron chi connectivity index (χ1n) is 3.87. The summed E-state index contributed by atoms with van der Waals surface area (Å²) in [4.78, 5) is 11.8. The second kappa shape index (κ2) is 4.34. The van der Waals surface area contributed by atoms with Crippen LogP contribution in [0.4, 0.5) is 0 Å². The van der Waals surface area contributed by atoms with Crippen molar-refractivity contribution in [1.82, 2.24) is 24.7 Å². The van der Waals surface area contributed by atoms with Crippen molar-refractivity contribution in [3.63, 3.8) is 0 Å². The van der Waals surface area contributed by atoms with E-state index >= 15 is 0 Å². The Kier molecular flexibility index (Phi) is 3.08. The van der Waals surface area contributed by atoms with Gasteiger partial charge in [-0.3, -0.25) is 0 Å². The average molecular weight is 262 g/mol. The van der Waals surface area contributed by atoms with Crippen LogP contribution in [0.3, 0.4) is 0 Å². The number of nitrogens with zero attached hydrogens (tertiary/aromatic N) is 5. The van der Waals surface area contributed by atoms with Gasteiger partial charge in [-0.2, -0.15) is 5.10 Å². The molecule has 0 aliphatic carbocycles. The summed E-state index contributed by atoms with van der Waals surface area (Å²) in [6, 6.07) is 1.62. The van der Waals surface area contributed by atoms with E-state index in [1.165, 1.54) is 18.1 Å². The van der Waals surface area contributed by atoms with Crippen molar-refractivity contribution >= 4 is 35.0 Å². The van der Waals surface area contributed by atoms with E-state index in [1.54, 1.807) is 17.8 Å². The van der Waals surface area contributed by atoms with Crippen LogP contribution in [0.1, 0.15) is 0 Å². The molecule has 0 saturated heterocycles. The normalized spacial score (nSPS) is 10.6. The third kappa shape index (κ3) is 2.58. The predicted molar refractivity (Wildman–Crippen MR) is 57.2 cm³/mol. The Morgan fingerprint density at radius 1 is 1.33 bits per heavy atom. The van der Waals surface area contributed by atoms with Crippen molar-refractivity contribution < 1.29 is 0 Å². The van der Waals surface area contributed by atoms with Gasteiger partial charge in [0, 0.05) is 13.1 Å². The van der Waals surface area contributed by atoms with Gasteiger partial charge in [-0.1, -0.05) is 11.6 Å². The Morgan fingerprint density at radius 2 is 2.13 bits per heavy atom. The first-order valence-corrected chi connectivity index (χ1v) is 5.44. The van der Waals surface area contributed by atoms with Gasteiger partial charge in [-0.15, -0.1) is 0 Å². The van der Waals surface area contributed by atoms with Crippen molar-refractivity contribution in [3.8, 4) is 0 Å². The molecule has 0 aliphatic heterocycles. The van der Waals surface area contributed by atoms with Crippen molar-refractivity contribution in [2.45, 2.75) is 10.2 Å². The molecule has 0 N–H and O–H groups in total. The van der Waals surface area contributed by atoms with Crippen LogP contribution >= 0.6 is 35.0 Å². The molecule has 0 aliphatic rings. The molecule has 2 aromatic heterocycles. The molecule has 0 atom stereocenters. The second-order valence-corrected chi connectivity index (χ2v) is 4.28. The van der Waals surface area contributed by atoms with Crippen molar-refractivity contribution in [2.24, 2.45) is 7.05 Å². The van der Waals surface area contributed by atoms with Gasteiger partial charge >= 0.3 is 0 Å². The Morgan fingerprint density at radius 3 is 2.73 bits per heavy atom. The molecule has 0 unspecified atom stereocenters. The van der Waals surface area contributed by atoms with Crippen molar-refractivity contribution in [1.29, 1.82) is 0 Å². The van der Waals surface area contributed by atoms with E-state index in [9.17, 15) is 0 Å². The third-order valence-electron chi connectivity index (χ3n) is 1.51. The Hall–Kier alpha value is -0.850. The molecule has 0 spiro atoms. The molecular weight excluding hydrogens is 257 g/mol. The topological polar surface area (TPSA) is 56.5 Å². The van der Waals surface area contributed by atoms with E-state index < -0.39 is 0 Å². The van der Waals surface area contributed by atoms with Gasteiger partial charge in [0.05, 0.1) is 0 Å². The average Bonchev–Trinajstić information content (AvgIpc) is 2.50. The zero-order valence-electron chi connectivity index (χ0n) is 7.55. The molecule has 15 heavy (non-hydrogen) atoms. The predicted octanol–water partition coefficient (Wildman–Crippen LogP) is 2.06. The molecule has 2 rings (SSSR count). The molecule has 0 radical (unpaired) electrons. The lowest BCUT2D eigenvalue weighted by Gasteiger charge is -2.00. The number of aryl methyl sites for hydroxylation is 1. The summed E-state index contributed by atoms with van der Waals surface area (Å²) >= 11 is 12.7. The molecule has 5 nitrogen and oxygen atoms in total. The Labute approximate surface area is 99.8 Å². The zero-order chi connectivity index (χ0) is 10.8. The van der Waals surface area contributed by atoms with E-state index in [4.69, 9.17) is 23.2 Å². The molecule has 0 saturated carbocycles. The summed E-state index contributed by atoms with van der Waals surface area (Å²) < 4.78 is 1.63. The monoisotopic (exact) mass is 261 g/mol. The fourth-order valence-corrected chi connectivity index (χ4v) is 2.19. The summed E-state index contributed by atoms with van der Waals surface area (Å²) in [6.07, 6.45) is 1.47. The van der Waals surface area contributed by atoms with Gasteiger partial charge in [0.2, 0.25) is 5.28 Å². The molecule has 2 heterocycles. The van der Waals surface area contributed by atoms with E-state index in [1.807, 2.05) is 0 Å². The summed E-state index contributed by atoms with van der Waals surface area (Å²) in [6.45, 7) is 0. The molecule has 0 fully saturated rings. The first-order chi connectivity index (χ1) is 7.15. The smallest absolute Gasteiger partial charge is 0.224 e. The van der Waals surface area contributed by atoms with E-state index in [0.29, 0.717) is 15.3 Å². The first kappa shape index (κ1) is 10.7. The van der Waals surface area contributed by atoms with Gasteiger partial charge in [0.15, 0.2) is 5.16 Å². The van der Waals surface area contributed by atoms with Gasteiger partial charge in [-0.05, 0) is 23.4 Å². The fraction of sp³-hybridized carbons (Fsp3) is 0.143. The highest BCUT2D eigenvalue weighted by atomic mass is 35.5. The number of halogens is 2. The third-order valence-corrected chi connectivity index (χ3v) is 2.84. The minimum absolute atomic E-state index is 0.118. The lowest BCUT2D eigenvalue weighted by Crippen LogP contribution is -1.93. The molecular formula is C7H5Cl2N5S. The standard InChI is InChI=1S/C7H5Cl2N5S/c1-14-7(10-3-11-14)15-5-2-4(8)12-6(9)13-5/h2-3H,1H3. The molecule has 0 aromatic carbocycles. The van der Waals surface area contributed by atoms with Crippen LogP contribution in [-0.2, 0) is 7.05 Å². The maximum atomic E-state index is 5.74. The number of hydrogen-bond acceptors (Lipinski definition) is 5. The SMILES string of the molecule is Cn1ncnc1Sc1cc(Cl)nc(Cl)n1. The van der Waals surface area contributed by atoms with Crippen molar-refractivity contribution in [3.05, 3.63) is 22.8 Å². The van der Waals surface area contributed by atoms with Gasteiger partial charge in [-0.25, -0.2) is 19.6 Å². The molecule has 0 bridgehead atoms. The fourth-order valence-electron chi connectivity index (χ4n) is 0.894. The second-order valence-electron chi connectivity index (χ2n) is 2.57. The molecule has 8 heteroatoms. The summed E-state index contributed by atoms with van der Waals surface area (Å²) in [5.74, 6) is 0. The van der Waals surface area contributed by atoms with Gasteiger partial charge in [0.25, 0.3) is 0 Å². The maximum absolute atomic E-state index is 5.74. The number of hydrogen-bond donors (Lipinski definition) is 0. The minimum atomic E-state index is 0.118. The van der Waals surface area contributed by atoms with E-state index in [2.05, 4.69) is 20.1 Å². The lowest BCUT2D eigenvalue weighted by atomic mass is 10.7. The molecule has 2 aromatic rings. The minimum Gasteiger partial charge on any atom is -0.244 e. The Bertz CT molecular complexity index is 466. The van der Waals surface area contributed by atoms with Crippen LogP contribution in [0.5, 0.6) is 0 Å². The van der Waals surface area contributed by atoms with Crippen molar-refractivity contribution in [2.75, 3.05) is 0 Å². The van der Waals surface area contributed by atoms with Gasteiger partial charge in [0.1, 0.15) is 16.5 Å². The van der Waals surface area contributed by atoms with Crippen LogP contribution in [0.15, 0.2) is 22.6 Å². The number of aromatic nitrogens is 5. The van der Waals surface area contributed by atoms with Crippen LogP contribution in [0, 0.1) is 0 Å². The molecule has 0 amide bonds. The molecule has 78 valence electrons. The highest BCUT2D eigenvalue weighted by Crippen LogP contribution is 2.25. The zero-order valence-corrected chi connectivity index (χ0v) is 9.88. The maximum Gasteiger partial charge on any atom is 0.224 e. The van der Waals surface area contributed by atoms with E-state index in [0.717, 1.165) is 0 Å². The van der Waals surface area contributed by atoms with Crippen LogP contribution in [0.2, 0.25) is 10.4 Å². The Balaban J connectivity index is 2.28. The van der Waals surface area contributed by atoms with E-state index in [-0.39, 0.29) is 5.28 Å². The lowest BCUT2D eigenvalue weighted by molar-refractivity contribution is 0.684. The number of rotatable bonds is 2. The van der Waals surface area contributed by atoms with Crippen LogP contribution in [-0.4, -0.2) is 24.7 Å². The summed E-state index contributed by atoms with van der Waals surface area (Å²) in [5, 5.41) is 5.70. The van der Waals surface area contributed by atoms with Crippen LogP contribution in [0.25, 0.3) is 0 Å². The van der Waals surface area contributed by atoms with Crippen LogP contribution < -0.4 is 0 Å². The highest BCUT2D eigenvalue weighted by Gasteiger charge is 2.07. The summed E-state index contributed by atoms with van der Waals surface area (Å²) in [7, 11) is 1.79. The van der Waals surface area contributed by atoms with Gasteiger partial charge < -0.3 is 0 Å². The largest absolute Gasteiger partial charge is 0.244 e. The summed E-state index contributed by atoms with van der Waals surface area (Å²) in [5.41, 5.74) is 0.